The quantitative estimate of drug-likeness (QED) is 0.322. The molecule has 4 heteroatoms. The number of hydrogen-bond acceptors (Lipinski definition) is 3. The summed E-state index contributed by atoms with van der Waals surface area (Å²) in [5.74, 6) is -0.173. The third-order valence-electron chi connectivity index (χ3n) is 6.77. The minimum Gasteiger partial charge on any atom is -0.398 e. The maximum Gasteiger partial charge on any atom is 0.123 e. The van der Waals surface area contributed by atoms with Crippen molar-refractivity contribution in [3.8, 4) is 0 Å². The molecule has 1 saturated carbocycles. The van der Waals surface area contributed by atoms with Crippen molar-refractivity contribution in [2.45, 2.75) is 73.8 Å². The summed E-state index contributed by atoms with van der Waals surface area (Å²) in [6, 6.07) is 19.4. The van der Waals surface area contributed by atoms with E-state index in [1.807, 2.05) is 45.9 Å². The van der Waals surface area contributed by atoms with E-state index in [0.717, 1.165) is 44.0 Å². The maximum atomic E-state index is 13.1. The van der Waals surface area contributed by atoms with E-state index < -0.39 is 0 Å². The molecule has 3 aromatic carbocycles. The van der Waals surface area contributed by atoms with Crippen LogP contribution >= 0.6 is 0 Å². The number of halogens is 1. The molecule has 39 heavy (non-hydrogen) atoms. The van der Waals surface area contributed by atoms with Crippen LogP contribution in [-0.2, 0) is 6.54 Å². The van der Waals surface area contributed by atoms with Crippen LogP contribution in [0, 0.1) is 5.82 Å². The molecule has 2 aliphatic rings. The van der Waals surface area contributed by atoms with Crippen molar-refractivity contribution in [2.75, 3.05) is 31.9 Å². The lowest BCUT2D eigenvalue weighted by Gasteiger charge is -2.36. The molecule has 0 amide bonds. The Bertz CT molecular complexity index is 1160. The van der Waals surface area contributed by atoms with Gasteiger partial charge in [-0.15, -0.1) is 0 Å². The van der Waals surface area contributed by atoms with Gasteiger partial charge in [0, 0.05) is 44.1 Å². The second kappa shape index (κ2) is 17.5. The summed E-state index contributed by atoms with van der Waals surface area (Å²) in [5.41, 5.74) is 12.3. The predicted octanol–water partition coefficient (Wildman–Crippen LogP) is 9.30. The first-order valence-electron chi connectivity index (χ1n) is 15.0. The molecule has 212 valence electrons. The molecule has 3 nitrogen and oxygen atoms in total. The molecule has 0 unspecified atom stereocenters. The molecule has 0 spiro atoms. The molecule has 0 atom stereocenters. The summed E-state index contributed by atoms with van der Waals surface area (Å²) in [7, 11) is 0. The van der Waals surface area contributed by atoms with Crippen molar-refractivity contribution >= 4 is 22.5 Å². The zero-order chi connectivity index (χ0) is 28.6. The number of nitrogen functional groups attached to an aromatic ring is 1. The number of allylic oxidation sites excluding steroid dienone is 2. The minimum atomic E-state index is -0.173. The Labute approximate surface area is 237 Å². The van der Waals surface area contributed by atoms with Gasteiger partial charge < -0.3 is 10.6 Å². The number of nitrogens with zero attached hydrogens (tertiary/aromatic N) is 2. The monoisotopic (exact) mass is 531 g/mol. The van der Waals surface area contributed by atoms with E-state index in [2.05, 4.69) is 66.1 Å². The fraction of sp³-hybridized carbons (Fsp3) is 0.429. The third kappa shape index (κ3) is 10.2. The molecule has 0 radical (unpaired) electrons. The van der Waals surface area contributed by atoms with Gasteiger partial charge in [-0.25, -0.2) is 4.39 Å². The summed E-state index contributed by atoms with van der Waals surface area (Å²) >= 11 is 0. The lowest BCUT2D eigenvalue weighted by atomic mass is 10.0. The maximum absolute atomic E-state index is 13.1. The Morgan fingerprint density at radius 2 is 1.38 bits per heavy atom. The number of rotatable bonds is 6. The fourth-order valence-electron chi connectivity index (χ4n) is 4.35. The highest BCUT2D eigenvalue weighted by atomic mass is 19.1. The van der Waals surface area contributed by atoms with Crippen molar-refractivity contribution in [1.82, 2.24) is 9.80 Å². The second-order valence-electron chi connectivity index (χ2n) is 9.54. The Morgan fingerprint density at radius 1 is 0.821 bits per heavy atom. The molecular formula is C35H50FN3. The van der Waals surface area contributed by atoms with Gasteiger partial charge in [-0.3, -0.25) is 4.90 Å². The van der Waals surface area contributed by atoms with Gasteiger partial charge in [-0.2, -0.15) is 0 Å². The second-order valence-corrected chi connectivity index (χ2v) is 9.54. The van der Waals surface area contributed by atoms with E-state index in [-0.39, 0.29) is 5.82 Å². The Hall–Kier alpha value is -3.11. The molecule has 2 N–H and O–H groups in total. The summed E-state index contributed by atoms with van der Waals surface area (Å²) in [4.78, 5) is 4.96. The number of nitrogens with two attached hydrogens (primary N) is 1. The first-order valence-corrected chi connectivity index (χ1v) is 15.0. The number of anilines is 1. The number of unbranched alkanes of at least 4 members (excludes halogenated alkanes) is 1. The lowest BCUT2D eigenvalue weighted by Crippen LogP contribution is -2.45. The van der Waals surface area contributed by atoms with Crippen LogP contribution in [-0.4, -0.2) is 36.0 Å². The average Bonchev–Trinajstić information content (AvgIpc) is 3.83. The van der Waals surface area contributed by atoms with Gasteiger partial charge >= 0.3 is 0 Å². The van der Waals surface area contributed by atoms with Crippen LogP contribution in [0.4, 0.5) is 10.1 Å². The van der Waals surface area contributed by atoms with Gasteiger partial charge in [-0.1, -0.05) is 96.9 Å². The van der Waals surface area contributed by atoms with Crippen molar-refractivity contribution in [3.05, 3.63) is 95.0 Å². The zero-order valence-electron chi connectivity index (χ0n) is 25.1. The standard InChI is InChI=1S/C27H28FN3.C4H10.2C2H6/c28-25-10-5-20(6-11-25)19-30-13-15-31(16-14-30)27(21-7-8-21)12-9-24-17-22-3-1-2-4-23(22)18-26(24)29;1-3-4-2;2*1-2/h1-6,9-12,17-18H,7-8,13-16,19,29H2;3-4H2,1-2H3;2*1-2H3/b12-9+;;;. The van der Waals surface area contributed by atoms with E-state index in [1.54, 1.807) is 17.7 Å². The highest BCUT2D eigenvalue weighted by Gasteiger charge is 2.24. The highest BCUT2D eigenvalue weighted by molar-refractivity contribution is 5.89. The van der Waals surface area contributed by atoms with E-state index in [1.165, 1.54) is 47.7 Å². The highest BCUT2D eigenvalue weighted by Crippen LogP contribution is 2.35. The van der Waals surface area contributed by atoms with Crippen molar-refractivity contribution in [3.63, 3.8) is 0 Å². The molecule has 5 rings (SSSR count). The van der Waals surface area contributed by atoms with Crippen molar-refractivity contribution < 1.29 is 4.39 Å². The first-order chi connectivity index (χ1) is 19.1. The smallest absolute Gasteiger partial charge is 0.123 e. The molecule has 1 aliphatic heterocycles. The van der Waals surface area contributed by atoms with Gasteiger partial charge in [0.25, 0.3) is 0 Å². The number of benzene rings is 3. The van der Waals surface area contributed by atoms with Crippen LogP contribution in [0.2, 0.25) is 0 Å². The van der Waals surface area contributed by atoms with Gasteiger partial charge in [0.05, 0.1) is 0 Å². The van der Waals surface area contributed by atoms with Crippen LogP contribution in [0.25, 0.3) is 16.8 Å². The SMILES string of the molecule is CC.CC.CCCC.Nc1cc2ccccc2cc1/C=C/C(=C1CC1)N1CCN(Cc2ccc(F)cc2)CC1. The van der Waals surface area contributed by atoms with Crippen molar-refractivity contribution in [1.29, 1.82) is 0 Å². The summed E-state index contributed by atoms with van der Waals surface area (Å²) < 4.78 is 13.1. The number of hydrogen-bond donors (Lipinski definition) is 1. The molecule has 2 fully saturated rings. The van der Waals surface area contributed by atoms with Gasteiger partial charge in [0.15, 0.2) is 0 Å². The Morgan fingerprint density at radius 3 is 1.92 bits per heavy atom. The minimum absolute atomic E-state index is 0.173. The molecule has 1 heterocycles. The molecular weight excluding hydrogens is 481 g/mol. The van der Waals surface area contributed by atoms with Crippen molar-refractivity contribution in [2.24, 2.45) is 0 Å². The average molecular weight is 532 g/mol. The summed E-state index contributed by atoms with van der Waals surface area (Å²) in [5, 5.41) is 2.39. The van der Waals surface area contributed by atoms with Gasteiger partial charge in [-0.05, 0) is 70.7 Å². The molecule has 0 bridgehead atoms. The van der Waals surface area contributed by atoms with Crippen LogP contribution in [0.5, 0.6) is 0 Å². The van der Waals surface area contributed by atoms with Crippen LogP contribution in [0.15, 0.2) is 78.0 Å². The van der Waals surface area contributed by atoms with Gasteiger partial charge in [0.1, 0.15) is 5.82 Å². The van der Waals surface area contributed by atoms with Crippen LogP contribution in [0.1, 0.15) is 78.4 Å². The first kappa shape index (κ1) is 32.1. The number of fused-ring (bicyclic) bond motifs is 1. The largest absolute Gasteiger partial charge is 0.398 e. The Balaban J connectivity index is 0.000000602. The van der Waals surface area contributed by atoms with Crippen LogP contribution in [0.3, 0.4) is 0 Å². The number of piperazine rings is 1. The molecule has 1 saturated heterocycles. The lowest BCUT2D eigenvalue weighted by molar-refractivity contribution is 0.155. The summed E-state index contributed by atoms with van der Waals surface area (Å²) in [6.07, 6.45) is 9.47. The molecule has 1 aliphatic carbocycles. The molecule has 0 aromatic heterocycles. The molecule has 3 aromatic rings. The fourth-order valence-corrected chi connectivity index (χ4v) is 4.35. The topological polar surface area (TPSA) is 32.5 Å². The van der Waals surface area contributed by atoms with E-state index in [9.17, 15) is 4.39 Å². The van der Waals surface area contributed by atoms with E-state index in [0.29, 0.717) is 0 Å². The van der Waals surface area contributed by atoms with E-state index >= 15 is 0 Å². The zero-order valence-corrected chi connectivity index (χ0v) is 25.1. The van der Waals surface area contributed by atoms with Gasteiger partial charge in [0.2, 0.25) is 0 Å². The third-order valence-corrected chi connectivity index (χ3v) is 6.77. The normalized spacial score (nSPS) is 14.5. The van der Waals surface area contributed by atoms with E-state index in [4.69, 9.17) is 5.73 Å². The summed E-state index contributed by atoms with van der Waals surface area (Å²) in [6.45, 7) is 17.3. The Kier molecular flexibility index (Phi) is 14.4. The van der Waals surface area contributed by atoms with Crippen LogP contribution < -0.4 is 5.73 Å². The predicted molar refractivity (Wildman–Crippen MR) is 170 cm³/mol.